The molecule has 0 aliphatic heterocycles. The molecule has 0 bridgehead atoms. The summed E-state index contributed by atoms with van der Waals surface area (Å²) in [7, 11) is 0. The Morgan fingerprint density at radius 3 is 3.06 bits per heavy atom. The van der Waals surface area contributed by atoms with E-state index < -0.39 is 0 Å². The van der Waals surface area contributed by atoms with Gasteiger partial charge in [0.05, 0.1) is 6.42 Å². The highest BCUT2D eigenvalue weighted by atomic mass is 16.1. The van der Waals surface area contributed by atoms with Crippen LogP contribution in [0.15, 0.2) is 30.5 Å². The van der Waals surface area contributed by atoms with Gasteiger partial charge in [-0.2, -0.15) is 0 Å². The standard InChI is InChI=1S/C15H16N2O/c1-2-3-6-9-16-15(18)10-12-11-17-14-8-5-4-7-13(12)14/h4-5,7-8,11,17H,6,9-10H2,1H3,(H,16,18). The zero-order valence-electron chi connectivity index (χ0n) is 10.4. The Balaban J connectivity index is 1.96. The first-order valence-electron chi connectivity index (χ1n) is 6.02. The maximum Gasteiger partial charge on any atom is 0.224 e. The Morgan fingerprint density at radius 2 is 2.22 bits per heavy atom. The molecule has 0 atom stereocenters. The van der Waals surface area contributed by atoms with Crippen molar-refractivity contribution < 1.29 is 4.79 Å². The van der Waals surface area contributed by atoms with Gasteiger partial charge in [-0.05, 0) is 18.6 Å². The third kappa shape index (κ3) is 2.92. The number of hydrogen-bond donors (Lipinski definition) is 2. The van der Waals surface area contributed by atoms with Gasteiger partial charge in [0.25, 0.3) is 0 Å². The van der Waals surface area contributed by atoms with Gasteiger partial charge in [0, 0.05) is 30.1 Å². The predicted octanol–water partition coefficient (Wildman–Crippen LogP) is 2.24. The maximum absolute atomic E-state index is 11.7. The smallest absolute Gasteiger partial charge is 0.224 e. The number of benzene rings is 1. The van der Waals surface area contributed by atoms with Gasteiger partial charge in [0.1, 0.15) is 0 Å². The van der Waals surface area contributed by atoms with E-state index >= 15 is 0 Å². The normalized spacial score (nSPS) is 9.83. The zero-order chi connectivity index (χ0) is 12.8. The van der Waals surface area contributed by atoms with E-state index in [9.17, 15) is 4.79 Å². The van der Waals surface area contributed by atoms with E-state index in [1.165, 1.54) is 0 Å². The zero-order valence-corrected chi connectivity index (χ0v) is 10.4. The Kier molecular flexibility index (Phi) is 4.03. The van der Waals surface area contributed by atoms with Crippen LogP contribution in [0.25, 0.3) is 10.9 Å². The van der Waals surface area contributed by atoms with Crippen molar-refractivity contribution in [2.24, 2.45) is 0 Å². The van der Waals surface area contributed by atoms with Crippen LogP contribution in [-0.2, 0) is 11.2 Å². The summed E-state index contributed by atoms with van der Waals surface area (Å²) in [6.07, 6.45) is 3.01. The van der Waals surface area contributed by atoms with E-state index in [4.69, 9.17) is 0 Å². The number of carbonyl (C=O) groups is 1. The summed E-state index contributed by atoms with van der Waals surface area (Å²) in [5, 5.41) is 3.98. The molecule has 1 aromatic heterocycles. The third-order valence-corrected chi connectivity index (χ3v) is 2.77. The van der Waals surface area contributed by atoms with E-state index in [1.54, 1.807) is 6.92 Å². The van der Waals surface area contributed by atoms with Crippen LogP contribution < -0.4 is 5.32 Å². The van der Waals surface area contributed by atoms with Crippen LogP contribution >= 0.6 is 0 Å². The van der Waals surface area contributed by atoms with Crippen LogP contribution in [-0.4, -0.2) is 17.4 Å². The first kappa shape index (κ1) is 12.3. The molecule has 0 saturated carbocycles. The lowest BCUT2D eigenvalue weighted by atomic mass is 10.1. The van der Waals surface area contributed by atoms with Crippen LogP contribution in [0, 0.1) is 11.8 Å². The van der Waals surface area contributed by atoms with Crippen molar-refractivity contribution in [2.75, 3.05) is 6.54 Å². The molecule has 92 valence electrons. The molecule has 0 aliphatic carbocycles. The van der Waals surface area contributed by atoms with Gasteiger partial charge in [-0.25, -0.2) is 0 Å². The second-order valence-electron chi connectivity index (χ2n) is 4.06. The Bertz CT molecular complexity index is 601. The van der Waals surface area contributed by atoms with E-state index in [1.807, 2.05) is 30.5 Å². The summed E-state index contributed by atoms with van der Waals surface area (Å²) in [6.45, 7) is 2.41. The Hall–Kier alpha value is -2.21. The number of aromatic nitrogens is 1. The summed E-state index contributed by atoms with van der Waals surface area (Å²) in [6, 6.07) is 7.99. The van der Waals surface area contributed by atoms with Gasteiger partial charge in [0.2, 0.25) is 5.91 Å². The van der Waals surface area contributed by atoms with Gasteiger partial charge in [-0.15, -0.1) is 11.8 Å². The quantitative estimate of drug-likeness (QED) is 0.625. The van der Waals surface area contributed by atoms with Crippen LogP contribution in [0.3, 0.4) is 0 Å². The van der Waals surface area contributed by atoms with Crippen molar-refractivity contribution in [1.82, 2.24) is 10.3 Å². The van der Waals surface area contributed by atoms with Crippen molar-refractivity contribution in [3.63, 3.8) is 0 Å². The molecule has 3 heteroatoms. The van der Waals surface area contributed by atoms with Crippen molar-refractivity contribution >= 4 is 16.8 Å². The largest absolute Gasteiger partial charge is 0.361 e. The molecule has 0 saturated heterocycles. The van der Waals surface area contributed by atoms with Crippen molar-refractivity contribution in [2.45, 2.75) is 19.8 Å². The number of nitrogens with one attached hydrogen (secondary N) is 2. The van der Waals surface area contributed by atoms with Crippen molar-refractivity contribution in [1.29, 1.82) is 0 Å². The average Bonchev–Trinajstić information content (AvgIpc) is 2.78. The summed E-state index contributed by atoms with van der Waals surface area (Å²) >= 11 is 0. The molecule has 0 unspecified atom stereocenters. The minimum Gasteiger partial charge on any atom is -0.361 e. The second kappa shape index (κ2) is 5.92. The summed E-state index contributed by atoms with van der Waals surface area (Å²) in [5.74, 6) is 5.77. The molecule has 1 heterocycles. The molecule has 2 aromatic rings. The van der Waals surface area contributed by atoms with Gasteiger partial charge in [-0.1, -0.05) is 18.2 Å². The molecule has 18 heavy (non-hydrogen) atoms. The monoisotopic (exact) mass is 240 g/mol. The molecule has 3 nitrogen and oxygen atoms in total. The van der Waals surface area contributed by atoms with Crippen molar-refractivity contribution in [3.8, 4) is 11.8 Å². The molecular weight excluding hydrogens is 224 g/mol. The molecule has 1 amide bonds. The number of hydrogen-bond acceptors (Lipinski definition) is 1. The highest BCUT2D eigenvalue weighted by molar-refractivity contribution is 5.88. The highest BCUT2D eigenvalue weighted by Crippen LogP contribution is 2.17. The van der Waals surface area contributed by atoms with Gasteiger partial charge < -0.3 is 10.3 Å². The van der Waals surface area contributed by atoms with E-state index in [-0.39, 0.29) is 5.91 Å². The molecule has 0 fully saturated rings. The average molecular weight is 240 g/mol. The van der Waals surface area contributed by atoms with Crippen LogP contribution in [0.5, 0.6) is 0 Å². The number of para-hydroxylation sites is 1. The van der Waals surface area contributed by atoms with E-state index in [0.717, 1.165) is 16.5 Å². The first-order valence-corrected chi connectivity index (χ1v) is 6.02. The predicted molar refractivity (Wildman–Crippen MR) is 73.1 cm³/mol. The number of H-pyrrole nitrogens is 1. The molecule has 1 aromatic carbocycles. The first-order chi connectivity index (χ1) is 8.81. The van der Waals surface area contributed by atoms with E-state index in [2.05, 4.69) is 22.1 Å². The van der Waals surface area contributed by atoms with Crippen LogP contribution in [0.2, 0.25) is 0 Å². The fraction of sp³-hybridized carbons (Fsp3) is 0.267. The fourth-order valence-corrected chi connectivity index (χ4v) is 1.90. The Morgan fingerprint density at radius 1 is 1.39 bits per heavy atom. The molecule has 0 radical (unpaired) electrons. The molecule has 2 N–H and O–H groups in total. The fourth-order valence-electron chi connectivity index (χ4n) is 1.90. The second-order valence-corrected chi connectivity index (χ2v) is 4.06. The lowest BCUT2D eigenvalue weighted by Gasteiger charge is -2.02. The van der Waals surface area contributed by atoms with Crippen molar-refractivity contribution in [3.05, 3.63) is 36.0 Å². The number of amides is 1. The third-order valence-electron chi connectivity index (χ3n) is 2.77. The highest BCUT2D eigenvalue weighted by Gasteiger charge is 2.07. The molecule has 0 spiro atoms. The van der Waals surface area contributed by atoms with Gasteiger partial charge >= 0.3 is 0 Å². The minimum atomic E-state index is 0.0395. The summed E-state index contributed by atoms with van der Waals surface area (Å²) < 4.78 is 0. The summed E-state index contributed by atoms with van der Waals surface area (Å²) in [5.41, 5.74) is 2.10. The number of aromatic amines is 1. The number of carbonyl (C=O) groups excluding carboxylic acids is 1. The maximum atomic E-state index is 11.7. The summed E-state index contributed by atoms with van der Waals surface area (Å²) in [4.78, 5) is 14.9. The number of fused-ring (bicyclic) bond motifs is 1. The lowest BCUT2D eigenvalue weighted by Crippen LogP contribution is -2.25. The Labute approximate surface area is 107 Å². The SMILES string of the molecule is CC#CCCNC(=O)Cc1c[nH]c2ccccc12. The van der Waals surface area contributed by atoms with Crippen LogP contribution in [0.4, 0.5) is 0 Å². The topological polar surface area (TPSA) is 44.9 Å². The minimum absolute atomic E-state index is 0.0395. The van der Waals surface area contributed by atoms with Crippen LogP contribution in [0.1, 0.15) is 18.9 Å². The van der Waals surface area contributed by atoms with Gasteiger partial charge in [-0.3, -0.25) is 4.79 Å². The van der Waals surface area contributed by atoms with E-state index in [0.29, 0.717) is 19.4 Å². The molecule has 0 aliphatic rings. The lowest BCUT2D eigenvalue weighted by molar-refractivity contribution is -0.120. The van der Waals surface area contributed by atoms with Gasteiger partial charge in [0.15, 0.2) is 0 Å². The number of rotatable bonds is 4. The molecular formula is C15H16N2O. The molecule has 2 rings (SSSR count).